The van der Waals surface area contributed by atoms with Gasteiger partial charge in [-0.25, -0.2) is 0 Å². The Kier molecular flexibility index (Phi) is 5.26. The number of hydrogen-bond acceptors (Lipinski definition) is 3. The van der Waals surface area contributed by atoms with Gasteiger partial charge in [-0.3, -0.25) is 4.79 Å². The zero-order valence-corrected chi connectivity index (χ0v) is 13.7. The summed E-state index contributed by atoms with van der Waals surface area (Å²) in [6, 6.07) is 11.4. The van der Waals surface area contributed by atoms with E-state index in [1.807, 2.05) is 43.3 Å². The molecule has 0 saturated heterocycles. The molecule has 0 radical (unpaired) electrons. The van der Waals surface area contributed by atoms with Crippen LogP contribution in [0.3, 0.4) is 0 Å². The van der Waals surface area contributed by atoms with Crippen molar-refractivity contribution in [2.45, 2.75) is 26.8 Å². The Balaban J connectivity index is 2.12. The minimum absolute atomic E-state index is 0.00463. The molecule has 4 nitrogen and oxygen atoms in total. The lowest BCUT2D eigenvalue weighted by Gasteiger charge is -2.24. The van der Waals surface area contributed by atoms with E-state index < -0.39 is 0 Å². The summed E-state index contributed by atoms with van der Waals surface area (Å²) in [4.78, 5) is 16.5. The first-order valence-corrected chi connectivity index (χ1v) is 7.74. The third-order valence-electron chi connectivity index (χ3n) is 4.10. The molecule has 4 heteroatoms. The summed E-state index contributed by atoms with van der Waals surface area (Å²) in [5.74, 6) is 0.783. The van der Waals surface area contributed by atoms with Crippen LogP contribution in [0.5, 0.6) is 0 Å². The number of anilines is 1. The third kappa shape index (κ3) is 3.32. The van der Waals surface area contributed by atoms with Crippen molar-refractivity contribution in [3.05, 3.63) is 54.0 Å². The molecule has 22 heavy (non-hydrogen) atoms. The molecule has 0 bridgehead atoms. The van der Waals surface area contributed by atoms with Crippen molar-refractivity contribution in [2.24, 2.45) is 0 Å². The second kappa shape index (κ2) is 7.16. The fourth-order valence-electron chi connectivity index (χ4n) is 2.50. The number of carbonyl (C=O) groups excluding carboxylic acids is 1. The van der Waals surface area contributed by atoms with E-state index in [0.29, 0.717) is 5.56 Å². The molecule has 0 fully saturated rings. The lowest BCUT2D eigenvalue weighted by molar-refractivity contribution is 0.0726. The minimum Gasteiger partial charge on any atom is -0.467 e. The Bertz CT molecular complexity index is 586. The van der Waals surface area contributed by atoms with Crippen LogP contribution in [0.15, 0.2) is 47.1 Å². The Hall–Kier alpha value is -2.23. The lowest BCUT2D eigenvalue weighted by atomic mass is 10.1. The molecule has 1 unspecified atom stereocenters. The predicted molar refractivity (Wildman–Crippen MR) is 89.2 cm³/mol. The molecule has 1 atom stereocenters. The minimum atomic E-state index is -0.0926. The van der Waals surface area contributed by atoms with Crippen LogP contribution in [0, 0.1) is 0 Å². The van der Waals surface area contributed by atoms with Gasteiger partial charge in [0.1, 0.15) is 5.76 Å². The van der Waals surface area contributed by atoms with Crippen LogP contribution >= 0.6 is 0 Å². The van der Waals surface area contributed by atoms with E-state index in [1.54, 1.807) is 18.2 Å². The highest BCUT2D eigenvalue weighted by Crippen LogP contribution is 2.22. The molecule has 2 rings (SSSR count). The number of amides is 1. The SMILES string of the molecule is CCN(CC)c1ccc(C(=O)N(C)C(C)c2ccco2)cc1. The van der Waals surface area contributed by atoms with E-state index in [-0.39, 0.29) is 11.9 Å². The zero-order chi connectivity index (χ0) is 16.1. The average Bonchev–Trinajstić information content (AvgIpc) is 3.09. The van der Waals surface area contributed by atoms with Gasteiger partial charge in [-0.2, -0.15) is 0 Å². The van der Waals surface area contributed by atoms with Gasteiger partial charge in [0, 0.05) is 31.4 Å². The molecule has 0 aliphatic heterocycles. The van der Waals surface area contributed by atoms with E-state index in [2.05, 4.69) is 18.7 Å². The Labute approximate surface area is 132 Å². The van der Waals surface area contributed by atoms with Gasteiger partial charge < -0.3 is 14.2 Å². The molecule has 0 aliphatic carbocycles. The van der Waals surface area contributed by atoms with E-state index in [9.17, 15) is 4.79 Å². The van der Waals surface area contributed by atoms with Crippen LogP contribution in [0.25, 0.3) is 0 Å². The number of rotatable bonds is 6. The zero-order valence-electron chi connectivity index (χ0n) is 13.7. The van der Waals surface area contributed by atoms with Crippen molar-refractivity contribution in [3.63, 3.8) is 0 Å². The van der Waals surface area contributed by atoms with Crippen molar-refractivity contribution >= 4 is 11.6 Å². The summed E-state index contributed by atoms with van der Waals surface area (Å²) >= 11 is 0. The summed E-state index contributed by atoms with van der Waals surface area (Å²) in [6.45, 7) is 8.13. The molecule has 0 N–H and O–H groups in total. The van der Waals surface area contributed by atoms with Gasteiger partial charge in [0.2, 0.25) is 0 Å². The molecule has 1 amide bonds. The van der Waals surface area contributed by atoms with Crippen LogP contribution in [-0.2, 0) is 0 Å². The highest BCUT2D eigenvalue weighted by Gasteiger charge is 2.20. The van der Waals surface area contributed by atoms with Crippen LogP contribution in [-0.4, -0.2) is 30.9 Å². The van der Waals surface area contributed by atoms with Gasteiger partial charge in [-0.1, -0.05) is 0 Å². The van der Waals surface area contributed by atoms with Crippen molar-refractivity contribution < 1.29 is 9.21 Å². The molecule has 1 aromatic carbocycles. The fourth-order valence-corrected chi connectivity index (χ4v) is 2.50. The molecule has 0 spiro atoms. The number of carbonyl (C=O) groups is 1. The van der Waals surface area contributed by atoms with Gasteiger partial charge in [0.25, 0.3) is 5.91 Å². The third-order valence-corrected chi connectivity index (χ3v) is 4.10. The van der Waals surface area contributed by atoms with Crippen LogP contribution in [0.1, 0.15) is 42.9 Å². The van der Waals surface area contributed by atoms with Crippen molar-refractivity contribution in [3.8, 4) is 0 Å². The van der Waals surface area contributed by atoms with E-state index in [4.69, 9.17) is 4.42 Å². The molecular formula is C18H24N2O2. The van der Waals surface area contributed by atoms with Crippen molar-refractivity contribution in [1.29, 1.82) is 0 Å². The maximum absolute atomic E-state index is 12.6. The molecule has 1 heterocycles. The van der Waals surface area contributed by atoms with E-state index in [1.165, 1.54) is 0 Å². The highest BCUT2D eigenvalue weighted by atomic mass is 16.3. The average molecular weight is 300 g/mol. The molecule has 2 aromatic rings. The first-order chi connectivity index (χ1) is 10.6. The number of benzene rings is 1. The summed E-state index contributed by atoms with van der Waals surface area (Å²) in [5.41, 5.74) is 1.83. The standard InChI is InChI=1S/C18H24N2O2/c1-5-20(6-2)16-11-9-15(10-12-16)18(21)19(4)14(3)17-8-7-13-22-17/h7-14H,5-6H2,1-4H3. The van der Waals surface area contributed by atoms with Gasteiger partial charge in [0.05, 0.1) is 12.3 Å². The second-order valence-electron chi connectivity index (χ2n) is 5.33. The van der Waals surface area contributed by atoms with E-state index >= 15 is 0 Å². The predicted octanol–water partition coefficient (Wildman–Crippen LogP) is 3.96. The summed E-state index contributed by atoms with van der Waals surface area (Å²) in [5, 5.41) is 0. The largest absolute Gasteiger partial charge is 0.467 e. The Morgan fingerprint density at radius 2 is 1.77 bits per heavy atom. The molecular weight excluding hydrogens is 276 g/mol. The molecule has 0 saturated carbocycles. The summed E-state index contributed by atoms with van der Waals surface area (Å²) < 4.78 is 5.38. The quantitative estimate of drug-likeness (QED) is 0.810. The van der Waals surface area contributed by atoms with Gasteiger partial charge >= 0.3 is 0 Å². The van der Waals surface area contributed by atoms with Gasteiger partial charge in [-0.15, -0.1) is 0 Å². The summed E-state index contributed by atoms with van der Waals surface area (Å²) in [7, 11) is 1.80. The maximum atomic E-state index is 12.6. The highest BCUT2D eigenvalue weighted by molar-refractivity contribution is 5.94. The topological polar surface area (TPSA) is 36.7 Å². The lowest BCUT2D eigenvalue weighted by Crippen LogP contribution is -2.29. The van der Waals surface area contributed by atoms with Crippen LogP contribution in [0.4, 0.5) is 5.69 Å². The number of furan rings is 1. The van der Waals surface area contributed by atoms with Gasteiger partial charge in [0.15, 0.2) is 0 Å². The van der Waals surface area contributed by atoms with Crippen molar-refractivity contribution in [2.75, 3.05) is 25.0 Å². The molecule has 0 aliphatic rings. The molecule has 1 aromatic heterocycles. The van der Waals surface area contributed by atoms with Crippen LogP contribution in [0.2, 0.25) is 0 Å². The first-order valence-electron chi connectivity index (χ1n) is 7.74. The fraction of sp³-hybridized carbons (Fsp3) is 0.389. The Morgan fingerprint density at radius 1 is 1.14 bits per heavy atom. The monoisotopic (exact) mass is 300 g/mol. The van der Waals surface area contributed by atoms with Crippen LogP contribution < -0.4 is 4.90 Å². The summed E-state index contributed by atoms with van der Waals surface area (Å²) in [6.07, 6.45) is 1.63. The second-order valence-corrected chi connectivity index (χ2v) is 5.33. The first kappa shape index (κ1) is 16.1. The van der Waals surface area contributed by atoms with E-state index in [0.717, 1.165) is 24.5 Å². The smallest absolute Gasteiger partial charge is 0.254 e. The normalized spacial score (nSPS) is 12.0. The maximum Gasteiger partial charge on any atom is 0.254 e. The Morgan fingerprint density at radius 3 is 2.27 bits per heavy atom. The number of hydrogen-bond donors (Lipinski definition) is 0. The number of nitrogens with zero attached hydrogens (tertiary/aromatic N) is 2. The van der Waals surface area contributed by atoms with Crippen molar-refractivity contribution in [1.82, 2.24) is 4.90 Å². The molecule has 118 valence electrons. The van der Waals surface area contributed by atoms with Gasteiger partial charge in [-0.05, 0) is 57.2 Å².